The van der Waals surface area contributed by atoms with Gasteiger partial charge in [0.25, 0.3) is 0 Å². The molecule has 0 radical (unpaired) electrons. The van der Waals surface area contributed by atoms with E-state index in [1.165, 1.54) is 0 Å². The molecule has 0 saturated heterocycles. The topological polar surface area (TPSA) is 62.1 Å². The third-order valence-electron chi connectivity index (χ3n) is 5.01. The lowest BCUT2D eigenvalue weighted by atomic mass is 10.1. The summed E-state index contributed by atoms with van der Waals surface area (Å²) in [4.78, 5) is 12.2. The van der Waals surface area contributed by atoms with Gasteiger partial charge in [0.05, 0.1) is 6.07 Å². The Hall–Kier alpha value is -2.80. The van der Waals surface area contributed by atoms with E-state index in [-0.39, 0.29) is 17.7 Å². The van der Waals surface area contributed by atoms with Crippen LogP contribution in [0.5, 0.6) is 5.75 Å². The second-order valence-corrected chi connectivity index (χ2v) is 6.98. The van der Waals surface area contributed by atoms with Gasteiger partial charge in [-0.1, -0.05) is 42.5 Å². The number of amides is 1. The van der Waals surface area contributed by atoms with Crippen LogP contribution in [0.2, 0.25) is 0 Å². The first-order chi connectivity index (χ1) is 12.2. The molecule has 0 aromatic heterocycles. The molecular weight excluding hydrogens is 312 g/mol. The molecule has 0 spiro atoms. The van der Waals surface area contributed by atoms with Gasteiger partial charge in [0.2, 0.25) is 5.91 Å². The Kier molecular flexibility index (Phi) is 3.93. The van der Waals surface area contributed by atoms with Crippen molar-refractivity contribution in [2.24, 2.45) is 5.92 Å². The first-order valence-electron chi connectivity index (χ1n) is 8.69. The van der Waals surface area contributed by atoms with Gasteiger partial charge in [0.15, 0.2) is 0 Å². The molecule has 2 aliphatic rings. The summed E-state index contributed by atoms with van der Waals surface area (Å²) in [7, 11) is 0. The molecule has 0 aliphatic heterocycles. The van der Waals surface area contributed by atoms with Gasteiger partial charge in [-0.15, -0.1) is 0 Å². The number of hydrogen-bond acceptors (Lipinski definition) is 3. The highest BCUT2D eigenvalue weighted by molar-refractivity contribution is 5.84. The third-order valence-corrected chi connectivity index (χ3v) is 5.01. The first kappa shape index (κ1) is 15.7. The number of carbonyl (C=O) groups excluding carboxylic acids is 1. The molecule has 0 heterocycles. The molecule has 2 saturated carbocycles. The molecule has 2 fully saturated rings. The summed E-state index contributed by atoms with van der Waals surface area (Å²) < 4.78 is 5.79. The average Bonchev–Trinajstić information content (AvgIpc) is 3.56. The number of benzene rings is 2. The summed E-state index contributed by atoms with van der Waals surface area (Å²) >= 11 is 0. The highest BCUT2D eigenvalue weighted by atomic mass is 16.5. The van der Waals surface area contributed by atoms with Crippen LogP contribution in [0.3, 0.4) is 0 Å². The fourth-order valence-corrected chi connectivity index (χ4v) is 3.12. The zero-order valence-corrected chi connectivity index (χ0v) is 13.9. The van der Waals surface area contributed by atoms with Crippen molar-refractivity contribution in [3.05, 3.63) is 65.7 Å². The summed E-state index contributed by atoms with van der Waals surface area (Å²) in [6.07, 6.45) is 2.41. The predicted molar refractivity (Wildman–Crippen MR) is 93.8 cm³/mol. The molecule has 0 bridgehead atoms. The van der Waals surface area contributed by atoms with Crippen molar-refractivity contribution in [1.82, 2.24) is 5.32 Å². The SMILES string of the molecule is N#CC1(NC(=O)[C@@H]2C[C@H]2c2ccc(OCc3ccccc3)cc2)CC1. The van der Waals surface area contributed by atoms with Crippen molar-refractivity contribution in [2.45, 2.75) is 37.3 Å². The van der Waals surface area contributed by atoms with E-state index >= 15 is 0 Å². The second kappa shape index (κ2) is 6.25. The van der Waals surface area contributed by atoms with E-state index in [9.17, 15) is 4.79 Å². The van der Waals surface area contributed by atoms with Crippen molar-refractivity contribution < 1.29 is 9.53 Å². The molecule has 2 aliphatic carbocycles. The van der Waals surface area contributed by atoms with Gasteiger partial charge in [-0.2, -0.15) is 5.26 Å². The number of nitrogens with zero attached hydrogens (tertiary/aromatic N) is 1. The normalized spacial score (nSPS) is 22.5. The van der Waals surface area contributed by atoms with Crippen molar-refractivity contribution in [3.63, 3.8) is 0 Å². The second-order valence-electron chi connectivity index (χ2n) is 6.98. The Morgan fingerprint density at radius 1 is 1.16 bits per heavy atom. The largest absolute Gasteiger partial charge is 0.489 e. The highest BCUT2D eigenvalue weighted by Gasteiger charge is 2.50. The fraction of sp³-hybridized carbons (Fsp3) is 0.333. The number of nitriles is 1. The summed E-state index contributed by atoms with van der Waals surface area (Å²) in [6.45, 7) is 0.547. The van der Waals surface area contributed by atoms with Crippen LogP contribution in [0.25, 0.3) is 0 Å². The molecule has 4 rings (SSSR count). The maximum Gasteiger partial charge on any atom is 0.224 e. The Labute approximate surface area is 147 Å². The third kappa shape index (κ3) is 3.51. The zero-order chi connectivity index (χ0) is 17.3. The van der Waals surface area contributed by atoms with Crippen molar-refractivity contribution in [2.75, 3.05) is 0 Å². The molecule has 2 aromatic rings. The van der Waals surface area contributed by atoms with Crippen molar-refractivity contribution >= 4 is 5.91 Å². The van der Waals surface area contributed by atoms with Gasteiger partial charge >= 0.3 is 0 Å². The molecule has 0 unspecified atom stereocenters. The van der Waals surface area contributed by atoms with Crippen LogP contribution in [-0.2, 0) is 11.4 Å². The van der Waals surface area contributed by atoms with Crippen molar-refractivity contribution in [1.29, 1.82) is 5.26 Å². The lowest BCUT2D eigenvalue weighted by molar-refractivity contribution is -0.123. The standard InChI is InChI=1S/C21H20N2O2/c22-14-21(10-11-21)23-20(24)19-12-18(19)16-6-8-17(9-7-16)25-13-15-4-2-1-3-5-15/h1-9,18-19H,10-13H2,(H,23,24)/t18-,19+/m0/s1. The Morgan fingerprint density at radius 3 is 2.52 bits per heavy atom. The number of hydrogen-bond donors (Lipinski definition) is 1. The molecule has 2 atom stereocenters. The van der Waals surface area contributed by atoms with Crippen LogP contribution in [0.15, 0.2) is 54.6 Å². The maximum atomic E-state index is 12.2. The van der Waals surface area contributed by atoms with E-state index in [1.54, 1.807) is 0 Å². The van der Waals surface area contributed by atoms with E-state index in [0.717, 1.165) is 36.1 Å². The lowest BCUT2D eigenvalue weighted by Gasteiger charge is -2.09. The van der Waals surface area contributed by atoms with Gasteiger partial charge in [-0.05, 0) is 48.4 Å². The number of nitrogens with one attached hydrogen (secondary N) is 1. The molecule has 126 valence electrons. The summed E-state index contributed by atoms with van der Waals surface area (Å²) in [5.41, 5.74) is 1.73. The van der Waals surface area contributed by atoms with Crippen LogP contribution in [0.4, 0.5) is 0 Å². The van der Waals surface area contributed by atoms with Gasteiger partial charge in [-0.25, -0.2) is 0 Å². The number of rotatable bonds is 6. The number of ether oxygens (including phenoxy) is 1. The van der Waals surface area contributed by atoms with Crippen molar-refractivity contribution in [3.8, 4) is 11.8 Å². The molecule has 2 aromatic carbocycles. The minimum atomic E-state index is -0.570. The van der Waals surface area contributed by atoms with E-state index < -0.39 is 5.54 Å². The maximum absolute atomic E-state index is 12.2. The average molecular weight is 332 g/mol. The fourth-order valence-electron chi connectivity index (χ4n) is 3.12. The molecule has 1 N–H and O–H groups in total. The van der Waals surface area contributed by atoms with Crippen LogP contribution < -0.4 is 10.1 Å². The summed E-state index contributed by atoms with van der Waals surface area (Å²) in [5.74, 6) is 1.11. The molecule has 25 heavy (non-hydrogen) atoms. The summed E-state index contributed by atoms with van der Waals surface area (Å²) in [5, 5.41) is 12.0. The predicted octanol–water partition coefficient (Wildman–Crippen LogP) is 3.54. The Balaban J connectivity index is 1.31. The lowest BCUT2D eigenvalue weighted by Crippen LogP contribution is -2.36. The van der Waals surface area contributed by atoms with Gasteiger partial charge in [0.1, 0.15) is 17.9 Å². The smallest absolute Gasteiger partial charge is 0.224 e. The van der Waals surface area contributed by atoms with Crippen LogP contribution in [0, 0.1) is 17.2 Å². The van der Waals surface area contributed by atoms with E-state index in [2.05, 4.69) is 11.4 Å². The van der Waals surface area contributed by atoms with Gasteiger partial charge < -0.3 is 10.1 Å². The molecule has 4 heteroatoms. The Bertz CT molecular complexity index is 804. The number of carbonyl (C=O) groups is 1. The Morgan fingerprint density at radius 2 is 1.88 bits per heavy atom. The minimum absolute atomic E-state index is 0.00177. The zero-order valence-electron chi connectivity index (χ0n) is 13.9. The quantitative estimate of drug-likeness (QED) is 0.880. The van der Waals surface area contributed by atoms with E-state index in [4.69, 9.17) is 10.00 Å². The minimum Gasteiger partial charge on any atom is -0.489 e. The van der Waals surface area contributed by atoms with Crippen LogP contribution in [-0.4, -0.2) is 11.4 Å². The first-order valence-corrected chi connectivity index (χ1v) is 8.69. The highest BCUT2D eigenvalue weighted by Crippen LogP contribution is 2.48. The van der Waals surface area contributed by atoms with Crippen LogP contribution >= 0.6 is 0 Å². The molecule has 4 nitrogen and oxygen atoms in total. The van der Waals surface area contributed by atoms with Gasteiger partial charge in [0, 0.05) is 5.92 Å². The summed E-state index contributed by atoms with van der Waals surface area (Å²) in [6, 6.07) is 20.3. The van der Waals surface area contributed by atoms with E-state index in [1.807, 2.05) is 54.6 Å². The van der Waals surface area contributed by atoms with Crippen LogP contribution in [0.1, 0.15) is 36.3 Å². The molecule has 1 amide bonds. The van der Waals surface area contributed by atoms with Gasteiger partial charge in [-0.3, -0.25) is 4.79 Å². The van der Waals surface area contributed by atoms with E-state index in [0.29, 0.717) is 6.61 Å². The molecular formula is C21H20N2O2. The monoisotopic (exact) mass is 332 g/mol.